The standard InChI is InChI=1S/C13H15F2N3/c14-9-6-7-10-12(11(9)15)18(13(16)17-10)8-4-2-1-3-5-8/h6-8H,1-5H2,(H2,16,17). The molecule has 0 saturated heterocycles. The number of nitrogens with zero attached hydrogens (tertiary/aromatic N) is 2. The molecule has 1 aliphatic carbocycles. The molecule has 1 saturated carbocycles. The fourth-order valence-corrected chi connectivity index (χ4v) is 2.85. The van der Waals surface area contributed by atoms with Crippen LogP contribution in [0.3, 0.4) is 0 Å². The maximum absolute atomic E-state index is 13.9. The van der Waals surface area contributed by atoms with E-state index in [4.69, 9.17) is 5.73 Å². The fraction of sp³-hybridized carbons (Fsp3) is 0.462. The second kappa shape index (κ2) is 4.23. The highest BCUT2D eigenvalue weighted by Gasteiger charge is 2.23. The van der Waals surface area contributed by atoms with Crippen LogP contribution in [0.15, 0.2) is 12.1 Å². The van der Waals surface area contributed by atoms with Crippen molar-refractivity contribution in [2.24, 2.45) is 0 Å². The van der Waals surface area contributed by atoms with E-state index in [1.165, 1.54) is 12.5 Å². The van der Waals surface area contributed by atoms with E-state index >= 15 is 0 Å². The molecule has 5 heteroatoms. The van der Waals surface area contributed by atoms with Gasteiger partial charge >= 0.3 is 0 Å². The molecule has 2 aromatic rings. The lowest BCUT2D eigenvalue weighted by Gasteiger charge is -2.24. The van der Waals surface area contributed by atoms with Gasteiger partial charge in [0.25, 0.3) is 0 Å². The Morgan fingerprint density at radius 1 is 1.17 bits per heavy atom. The Labute approximate surface area is 104 Å². The average Bonchev–Trinajstić information content (AvgIpc) is 2.72. The quantitative estimate of drug-likeness (QED) is 0.844. The summed E-state index contributed by atoms with van der Waals surface area (Å²) in [4.78, 5) is 4.12. The summed E-state index contributed by atoms with van der Waals surface area (Å²) in [5.41, 5.74) is 6.50. The molecular weight excluding hydrogens is 236 g/mol. The highest BCUT2D eigenvalue weighted by Crippen LogP contribution is 2.34. The van der Waals surface area contributed by atoms with E-state index in [1.54, 1.807) is 4.57 Å². The van der Waals surface area contributed by atoms with Crippen LogP contribution in [-0.2, 0) is 0 Å². The Balaban J connectivity index is 2.20. The lowest BCUT2D eigenvalue weighted by molar-refractivity contribution is 0.360. The molecule has 1 aromatic carbocycles. The Morgan fingerprint density at radius 2 is 1.89 bits per heavy atom. The number of hydrogen-bond acceptors (Lipinski definition) is 2. The summed E-state index contributed by atoms with van der Waals surface area (Å²) in [6.45, 7) is 0. The molecule has 0 spiro atoms. The van der Waals surface area contributed by atoms with Crippen LogP contribution in [0, 0.1) is 11.6 Å². The van der Waals surface area contributed by atoms with Crippen LogP contribution in [-0.4, -0.2) is 9.55 Å². The van der Waals surface area contributed by atoms with Gasteiger partial charge in [-0.3, -0.25) is 0 Å². The average molecular weight is 251 g/mol. The van der Waals surface area contributed by atoms with Gasteiger partial charge in [0, 0.05) is 6.04 Å². The van der Waals surface area contributed by atoms with Gasteiger partial charge in [0.2, 0.25) is 5.95 Å². The van der Waals surface area contributed by atoms with Crippen LogP contribution >= 0.6 is 0 Å². The van der Waals surface area contributed by atoms with E-state index < -0.39 is 11.6 Å². The number of rotatable bonds is 1. The summed E-state index contributed by atoms with van der Waals surface area (Å²) in [5, 5.41) is 0. The second-order valence-corrected chi connectivity index (χ2v) is 4.86. The summed E-state index contributed by atoms with van der Waals surface area (Å²) in [6.07, 6.45) is 5.29. The first-order valence-electron chi connectivity index (χ1n) is 6.30. The highest BCUT2D eigenvalue weighted by atomic mass is 19.2. The predicted octanol–water partition coefficient (Wildman–Crippen LogP) is 3.40. The third kappa shape index (κ3) is 1.65. The van der Waals surface area contributed by atoms with Crippen molar-refractivity contribution < 1.29 is 8.78 Å². The van der Waals surface area contributed by atoms with Crippen molar-refractivity contribution in [1.29, 1.82) is 0 Å². The van der Waals surface area contributed by atoms with Crippen molar-refractivity contribution in [2.75, 3.05) is 5.73 Å². The largest absolute Gasteiger partial charge is 0.369 e. The summed E-state index contributed by atoms with van der Waals surface area (Å²) in [5.74, 6) is -1.41. The molecule has 1 aliphatic rings. The predicted molar refractivity (Wildman–Crippen MR) is 66.2 cm³/mol. The molecule has 0 radical (unpaired) electrons. The molecule has 0 aliphatic heterocycles. The lowest BCUT2D eigenvalue weighted by atomic mass is 9.95. The minimum atomic E-state index is -0.848. The molecular formula is C13H15F2N3. The number of nitrogens with two attached hydrogens (primary N) is 1. The van der Waals surface area contributed by atoms with Gasteiger partial charge < -0.3 is 10.3 Å². The van der Waals surface area contributed by atoms with E-state index in [0.29, 0.717) is 5.52 Å². The smallest absolute Gasteiger partial charge is 0.201 e. The van der Waals surface area contributed by atoms with Crippen LogP contribution in [0.2, 0.25) is 0 Å². The minimum absolute atomic E-state index is 0.139. The second-order valence-electron chi connectivity index (χ2n) is 4.86. The van der Waals surface area contributed by atoms with E-state index in [0.717, 1.165) is 31.7 Å². The van der Waals surface area contributed by atoms with Gasteiger partial charge in [-0.25, -0.2) is 13.8 Å². The molecule has 0 unspecified atom stereocenters. The Kier molecular flexibility index (Phi) is 2.69. The first-order chi connectivity index (χ1) is 8.68. The van der Waals surface area contributed by atoms with Gasteiger partial charge in [-0.15, -0.1) is 0 Å². The van der Waals surface area contributed by atoms with Crippen molar-refractivity contribution in [3.63, 3.8) is 0 Å². The van der Waals surface area contributed by atoms with E-state index in [-0.39, 0.29) is 17.5 Å². The first kappa shape index (κ1) is 11.4. The number of anilines is 1. The highest BCUT2D eigenvalue weighted by molar-refractivity contribution is 5.79. The number of fused-ring (bicyclic) bond motifs is 1. The number of nitrogen functional groups attached to an aromatic ring is 1. The molecule has 1 aromatic heterocycles. The topological polar surface area (TPSA) is 43.8 Å². The summed E-state index contributed by atoms with van der Waals surface area (Å²) >= 11 is 0. The number of hydrogen-bond donors (Lipinski definition) is 1. The van der Waals surface area contributed by atoms with Gasteiger partial charge in [-0.1, -0.05) is 19.3 Å². The Morgan fingerprint density at radius 3 is 2.61 bits per heavy atom. The number of aromatic nitrogens is 2. The zero-order valence-electron chi connectivity index (χ0n) is 10.00. The van der Waals surface area contributed by atoms with Crippen LogP contribution in [0.25, 0.3) is 11.0 Å². The molecule has 18 heavy (non-hydrogen) atoms. The van der Waals surface area contributed by atoms with Crippen molar-refractivity contribution in [3.05, 3.63) is 23.8 Å². The van der Waals surface area contributed by atoms with Crippen molar-refractivity contribution >= 4 is 17.0 Å². The van der Waals surface area contributed by atoms with Crippen LogP contribution in [0.4, 0.5) is 14.7 Å². The summed E-state index contributed by atoms with van der Waals surface area (Å²) in [7, 11) is 0. The monoisotopic (exact) mass is 251 g/mol. The van der Waals surface area contributed by atoms with Gasteiger partial charge in [-0.2, -0.15) is 0 Å². The molecule has 1 fully saturated rings. The molecule has 3 rings (SSSR count). The molecule has 1 heterocycles. The number of halogens is 2. The van der Waals surface area contributed by atoms with Crippen LogP contribution in [0.5, 0.6) is 0 Å². The Bertz CT molecular complexity index is 585. The van der Waals surface area contributed by atoms with E-state index in [9.17, 15) is 8.78 Å². The van der Waals surface area contributed by atoms with Crippen LogP contribution in [0.1, 0.15) is 38.1 Å². The molecule has 96 valence electrons. The maximum atomic E-state index is 13.9. The zero-order valence-corrected chi connectivity index (χ0v) is 10.00. The first-order valence-corrected chi connectivity index (χ1v) is 6.30. The van der Waals surface area contributed by atoms with Gasteiger partial charge in [0.15, 0.2) is 11.6 Å². The van der Waals surface area contributed by atoms with Crippen molar-refractivity contribution in [2.45, 2.75) is 38.1 Å². The minimum Gasteiger partial charge on any atom is -0.369 e. The van der Waals surface area contributed by atoms with Crippen molar-refractivity contribution in [1.82, 2.24) is 9.55 Å². The van der Waals surface area contributed by atoms with Crippen LogP contribution < -0.4 is 5.73 Å². The van der Waals surface area contributed by atoms with E-state index in [2.05, 4.69) is 4.98 Å². The molecule has 0 atom stereocenters. The molecule has 2 N–H and O–H groups in total. The summed E-state index contributed by atoms with van der Waals surface area (Å²) in [6, 6.07) is 2.71. The van der Waals surface area contributed by atoms with Gasteiger partial charge in [0.1, 0.15) is 5.52 Å². The zero-order chi connectivity index (χ0) is 12.7. The Hall–Kier alpha value is -1.65. The van der Waals surface area contributed by atoms with E-state index in [1.807, 2.05) is 0 Å². The third-order valence-corrected chi connectivity index (χ3v) is 3.71. The maximum Gasteiger partial charge on any atom is 0.201 e. The van der Waals surface area contributed by atoms with Gasteiger partial charge in [-0.05, 0) is 25.0 Å². The van der Waals surface area contributed by atoms with Crippen molar-refractivity contribution in [3.8, 4) is 0 Å². The SMILES string of the molecule is Nc1nc2ccc(F)c(F)c2n1C1CCCCC1. The molecule has 3 nitrogen and oxygen atoms in total. The number of imidazole rings is 1. The fourth-order valence-electron chi connectivity index (χ4n) is 2.85. The lowest BCUT2D eigenvalue weighted by Crippen LogP contribution is -2.15. The third-order valence-electron chi connectivity index (χ3n) is 3.71. The molecule has 0 amide bonds. The molecule has 0 bridgehead atoms. The summed E-state index contributed by atoms with van der Waals surface area (Å²) < 4.78 is 29.0. The van der Waals surface area contributed by atoms with Gasteiger partial charge in [0.05, 0.1) is 5.52 Å². The normalized spacial score (nSPS) is 17.4. The number of benzene rings is 1.